The predicted octanol–water partition coefficient (Wildman–Crippen LogP) is 1.87. The van der Waals surface area contributed by atoms with Crippen molar-refractivity contribution in [2.24, 2.45) is 5.92 Å². The zero-order valence-corrected chi connectivity index (χ0v) is 9.45. The van der Waals surface area contributed by atoms with Gasteiger partial charge in [-0.25, -0.2) is 0 Å². The second kappa shape index (κ2) is 7.09. The lowest BCUT2D eigenvalue weighted by atomic mass is 10.1. The van der Waals surface area contributed by atoms with Crippen LogP contribution in [0.4, 0.5) is 17.3 Å². The number of halogens is 4. The summed E-state index contributed by atoms with van der Waals surface area (Å²) in [6.07, 6.45) is 1.34. The molecule has 0 aliphatic rings. The van der Waals surface area contributed by atoms with Crippen LogP contribution in [-0.2, 0) is 0 Å². The van der Waals surface area contributed by atoms with E-state index in [4.69, 9.17) is 0 Å². The van der Waals surface area contributed by atoms with Crippen molar-refractivity contribution in [1.82, 2.24) is 0 Å². The van der Waals surface area contributed by atoms with Crippen molar-refractivity contribution in [3.8, 4) is 0 Å². The average molecular weight is 217 g/mol. The van der Waals surface area contributed by atoms with E-state index in [-0.39, 0.29) is 0 Å². The van der Waals surface area contributed by atoms with E-state index in [2.05, 4.69) is 34.9 Å². The van der Waals surface area contributed by atoms with E-state index in [1.807, 2.05) is 0 Å². The van der Waals surface area contributed by atoms with Crippen molar-refractivity contribution >= 4 is 7.25 Å². The number of rotatable bonds is 3. The first-order chi connectivity index (χ1) is 6.04. The zero-order chi connectivity index (χ0) is 11.9. The fourth-order valence-corrected chi connectivity index (χ4v) is 0.943. The minimum Gasteiger partial charge on any atom is -0.418 e. The smallest absolute Gasteiger partial charge is 0.418 e. The van der Waals surface area contributed by atoms with Crippen LogP contribution in [0.15, 0.2) is 0 Å². The first-order valence-corrected chi connectivity index (χ1v) is 4.71. The Morgan fingerprint density at radius 1 is 1.00 bits per heavy atom. The Kier molecular flexibility index (Phi) is 8.20. The second-order valence-corrected chi connectivity index (χ2v) is 4.10. The molecule has 1 N–H and O–H groups in total. The van der Waals surface area contributed by atoms with Gasteiger partial charge in [0.1, 0.15) is 0 Å². The molecule has 1 nitrogen and oxygen atoms in total. The molecule has 0 spiro atoms. The Morgan fingerprint density at radius 3 is 1.36 bits per heavy atom. The highest BCUT2D eigenvalue weighted by atomic mass is 19.5. The molecule has 6 heteroatoms. The van der Waals surface area contributed by atoms with E-state index in [0.717, 1.165) is 12.0 Å². The molecule has 0 bridgehead atoms. The van der Waals surface area contributed by atoms with E-state index in [0.29, 0.717) is 0 Å². The molecule has 0 saturated carbocycles. The lowest BCUT2D eigenvalue weighted by Gasteiger charge is -2.18. The van der Waals surface area contributed by atoms with E-state index >= 15 is 0 Å². The van der Waals surface area contributed by atoms with Gasteiger partial charge in [0.25, 0.3) is 0 Å². The van der Waals surface area contributed by atoms with Crippen LogP contribution in [0.3, 0.4) is 0 Å². The van der Waals surface area contributed by atoms with Gasteiger partial charge in [-0.2, -0.15) is 0 Å². The maximum Gasteiger partial charge on any atom is 0.673 e. The molecule has 0 aromatic heterocycles. The Morgan fingerprint density at radius 2 is 1.29 bits per heavy atom. The summed E-state index contributed by atoms with van der Waals surface area (Å²) in [5, 5.41) is 0. The molecule has 0 aliphatic carbocycles. The average Bonchev–Trinajstić information content (AvgIpc) is 1.80. The van der Waals surface area contributed by atoms with Crippen LogP contribution in [0.25, 0.3) is 0 Å². The third-order valence-electron chi connectivity index (χ3n) is 1.81. The first kappa shape index (κ1) is 16.2. The fraction of sp³-hybridized carbons (Fsp3) is 1.00. The maximum atomic E-state index is 9.75. The van der Waals surface area contributed by atoms with E-state index in [1.54, 1.807) is 4.90 Å². The molecule has 14 heavy (non-hydrogen) atoms. The van der Waals surface area contributed by atoms with Gasteiger partial charge in [-0.15, -0.1) is 0 Å². The predicted molar refractivity (Wildman–Crippen MR) is 51.9 cm³/mol. The summed E-state index contributed by atoms with van der Waals surface area (Å²) < 4.78 is 39.0. The lowest BCUT2D eigenvalue weighted by molar-refractivity contribution is -0.884. The summed E-state index contributed by atoms with van der Waals surface area (Å²) in [6.45, 7) is 6.86. The van der Waals surface area contributed by atoms with Gasteiger partial charge < -0.3 is 22.2 Å². The van der Waals surface area contributed by atoms with Crippen molar-refractivity contribution in [3.05, 3.63) is 0 Å². The van der Waals surface area contributed by atoms with E-state index in [9.17, 15) is 17.3 Å². The van der Waals surface area contributed by atoms with Gasteiger partial charge in [-0.3, -0.25) is 0 Å². The topological polar surface area (TPSA) is 4.44 Å². The molecule has 0 heterocycles. The zero-order valence-electron chi connectivity index (χ0n) is 9.45. The summed E-state index contributed by atoms with van der Waals surface area (Å²) >= 11 is 0. The molecular formula is C8H20BF4N. The maximum absolute atomic E-state index is 9.75. The Hall–Kier alpha value is -0.255. The van der Waals surface area contributed by atoms with Crippen LogP contribution >= 0.6 is 0 Å². The van der Waals surface area contributed by atoms with Crippen LogP contribution in [0.5, 0.6) is 0 Å². The van der Waals surface area contributed by atoms with Gasteiger partial charge in [0, 0.05) is 6.42 Å². The summed E-state index contributed by atoms with van der Waals surface area (Å²) in [4.78, 5) is 1.56. The number of hydrogen-bond donors (Lipinski definition) is 1. The summed E-state index contributed by atoms with van der Waals surface area (Å²) in [5.74, 6) is 0.842. The SMILES string of the molecule is CC(C)CC(C)[NH+](C)C.F[B-](F)(F)F. The van der Waals surface area contributed by atoms with Crippen molar-refractivity contribution in [2.75, 3.05) is 14.1 Å². The van der Waals surface area contributed by atoms with E-state index < -0.39 is 7.25 Å². The molecule has 0 saturated heterocycles. The highest BCUT2D eigenvalue weighted by Crippen LogP contribution is 2.06. The monoisotopic (exact) mass is 217 g/mol. The molecule has 0 rings (SSSR count). The third-order valence-corrected chi connectivity index (χ3v) is 1.81. The second-order valence-electron chi connectivity index (χ2n) is 4.10. The number of quaternary nitrogens is 1. The van der Waals surface area contributed by atoms with Crippen molar-refractivity contribution < 1.29 is 22.2 Å². The van der Waals surface area contributed by atoms with Crippen LogP contribution < -0.4 is 4.90 Å². The molecular weight excluding hydrogens is 197 g/mol. The molecule has 0 fully saturated rings. The number of nitrogens with one attached hydrogen (secondary N) is 1. The Labute approximate surface area is 83.6 Å². The van der Waals surface area contributed by atoms with Crippen molar-refractivity contribution in [1.29, 1.82) is 0 Å². The molecule has 0 aromatic rings. The quantitative estimate of drug-likeness (QED) is 0.543. The highest BCUT2D eigenvalue weighted by molar-refractivity contribution is 6.50. The van der Waals surface area contributed by atoms with Gasteiger partial charge in [-0.05, 0) is 12.8 Å². The fourth-order valence-electron chi connectivity index (χ4n) is 0.943. The molecule has 1 atom stereocenters. The largest absolute Gasteiger partial charge is 0.673 e. The molecule has 88 valence electrons. The van der Waals surface area contributed by atoms with Crippen LogP contribution in [0.1, 0.15) is 27.2 Å². The summed E-state index contributed by atoms with van der Waals surface area (Å²) in [6, 6.07) is 0.810. The molecule has 0 aliphatic heterocycles. The van der Waals surface area contributed by atoms with Crippen LogP contribution in [0.2, 0.25) is 0 Å². The molecule has 0 aromatic carbocycles. The minimum absolute atomic E-state index is 0.810. The first-order valence-electron chi connectivity index (χ1n) is 4.71. The third kappa shape index (κ3) is 22.6. The van der Waals surface area contributed by atoms with Crippen LogP contribution in [-0.4, -0.2) is 27.4 Å². The highest BCUT2D eigenvalue weighted by Gasteiger charge is 2.20. The van der Waals surface area contributed by atoms with Crippen molar-refractivity contribution in [3.63, 3.8) is 0 Å². The molecule has 0 amide bonds. The summed E-state index contributed by atoms with van der Waals surface area (Å²) in [5.41, 5.74) is 0. The molecule has 0 radical (unpaired) electrons. The number of hydrogen-bond acceptors (Lipinski definition) is 0. The normalized spacial score (nSPS) is 13.9. The van der Waals surface area contributed by atoms with Gasteiger partial charge in [-0.1, -0.05) is 13.8 Å². The van der Waals surface area contributed by atoms with E-state index in [1.165, 1.54) is 6.42 Å². The molecule has 1 unspecified atom stereocenters. The Bertz CT molecular complexity index is 130. The van der Waals surface area contributed by atoms with Gasteiger partial charge in [0.15, 0.2) is 0 Å². The minimum atomic E-state index is -6.00. The van der Waals surface area contributed by atoms with Gasteiger partial charge >= 0.3 is 7.25 Å². The summed E-state index contributed by atoms with van der Waals surface area (Å²) in [7, 11) is -1.57. The van der Waals surface area contributed by atoms with Crippen molar-refractivity contribution in [2.45, 2.75) is 33.2 Å². The standard InChI is InChI=1S/C8H19N.BF4/c1-7(2)6-8(3)9(4)5;2-1(3,4)5/h7-8H,6H2,1-5H3;/q;-1/p+1. The lowest BCUT2D eigenvalue weighted by Crippen LogP contribution is -3.09. The van der Waals surface area contributed by atoms with Crippen LogP contribution in [0, 0.1) is 5.92 Å². The van der Waals surface area contributed by atoms with Gasteiger partial charge in [0.2, 0.25) is 0 Å². The Balaban J connectivity index is 0. The van der Waals surface area contributed by atoms with Gasteiger partial charge in [0.05, 0.1) is 20.1 Å².